The number of thiazole rings is 1. The van der Waals surface area contributed by atoms with E-state index in [-0.39, 0.29) is 5.84 Å². The van der Waals surface area contributed by atoms with E-state index >= 15 is 0 Å². The molecule has 0 fully saturated rings. The number of hydrogen-bond acceptors (Lipinski definition) is 5. The predicted octanol–water partition coefficient (Wildman–Crippen LogP) is 2.57. The second-order valence-electron chi connectivity index (χ2n) is 6.54. The lowest BCUT2D eigenvalue weighted by molar-refractivity contribution is -0.128. The summed E-state index contributed by atoms with van der Waals surface area (Å²) in [4.78, 5) is 32.8. The van der Waals surface area contributed by atoms with E-state index in [0.717, 1.165) is 11.3 Å². The van der Waals surface area contributed by atoms with Crippen LogP contribution in [0.5, 0.6) is 0 Å². The van der Waals surface area contributed by atoms with Crippen molar-refractivity contribution in [3.05, 3.63) is 39.7 Å². The Morgan fingerprint density at radius 3 is 2.52 bits per heavy atom. The van der Waals surface area contributed by atoms with Crippen LogP contribution in [0.2, 0.25) is 5.02 Å². The summed E-state index contributed by atoms with van der Waals surface area (Å²) in [6.45, 7) is 3.58. The lowest BCUT2D eigenvalue weighted by Crippen LogP contribution is -2.52. The second kappa shape index (κ2) is 6.24. The fourth-order valence-corrected chi connectivity index (χ4v) is 4.47. The molecule has 0 spiro atoms. The first-order chi connectivity index (χ1) is 11.7. The van der Waals surface area contributed by atoms with E-state index in [4.69, 9.17) is 23.1 Å². The van der Waals surface area contributed by atoms with Crippen molar-refractivity contribution >= 4 is 40.6 Å². The molecule has 1 aromatic carbocycles. The van der Waals surface area contributed by atoms with Gasteiger partial charge in [-0.05, 0) is 12.1 Å². The van der Waals surface area contributed by atoms with Crippen LogP contribution in [0.25, 0.3) is 11.3 Å². The van der Waals surface area contributed by atoms with Gasteiger partial charge in [0.2, 0.25) is 5.91 Å². The maximum absolute atomic E-state index is 12.5. The minimum atomic E-state index is -0.821. The van der Waals surface area contributed by atoms with Gasteiger partial charge >= 0.3 is 0 Å². The molecule has 2 aromatic rings. The highest BCUT2D eigenvalue weighted by atomic mass is 35.5. The molecule has 1 aliphatic rings. The van der Waals surface area contributed by atoms with Crippen LogP contribution in [-0.2, 0) is 9.59 Å². The molecule has 8 heteroatoms. The zero-order valence-electron chi connectivity index (χ0n) is 13.7. The number of nitrogens with zero attached hydrogens (tertiary/aromatic N) is 2. The summed E-state index contributed by atoms with van der Waals surface area (Å²) in [7, 11) is 0. The summed E-state index contributed by atoms with van der Waals surface area (Å²) in [5, 5.41) is 3.09. The highest BCUT2D eigenvalue weighted by molar-refractivity contribution is 7.10. The number of nitrogens with two attached hydrogens (primary N) is 2. The molecule has 6 nitrogen and oxygen atoms in total. The molecular formula is C17H17ClN4O2S. The molecule has 0 aliphatic carbocycles. The topological polar surface area (TPSA) is 111 Å². The van der Waals surface area contributed by atoms with Gasteiger partial charge in [-0.2, -0.15) is 4.99 Å². The number of rotatable bonds is 3. The minimum Gasteiger partial charge on any atom is -0.386 e. The predicted molar refractivity (Wildman–Crippen MR) is 98.4 cm³/mol. The van der Waals surface area contributed by atoms with E-state index in [2.05, 4.69) is 9.98 Å². The molecule has 4 N–H and O–H groups in total. The van der Waals surface area contributed by atoms with Crippen molar-refractivity contribution in [3.63, 3.8) is 0 Å². The Kier molecular flexibility index (Phi) is 4.38. The Morgan fingerprint density at radius 1 is 1.28 bits per heavy atom. The van der Waals surface area contributed by atoms with Gasteiger partial charge in [-0.15, -0.1) is 11.3 Å². The number of carbonyl (C=O) groups is 2. The van der Waals surface area contributed by atoms with Gasteiger partial charge in [-0.25, -0.2) is 4.98 Å². The van der Waals surface area contributed by atoms with E-state index < -0.39 is 29.1 Å². The number of aromatic nitrogens is 1. The monoisotopic (exact) mass is 376 g/mol. The van der Waals surface area contributed by atoms with Crippen LogP contribution < -0.4 is 11.5 Å². The lowest BCUT2D eigenvalue weighted by atomic mass is 9.66. The van der Waals surface area contributed by atoms with Crippen LogP contribution in [0, 0.1) is 11.3 Å². The summed E-state index contributed by atoms with van der Waals surface area (Å²) in [6, 6.07) is 7.27. The standard InChI is InChI=1S/C17H17ClN4O2S/c1-17(2)11(14(20)23)13(19)22-15(24)12(17)16-21-10(7-25-16)8-3-5-9(18)6-4-8/h3-7,11-12H,1-2H3,(H2,20,23)(H2,19,22,24). The average Bonchev–Trinajstić information content (AvgIpc) is 2.95. The third-order valence-electron chi connectivity index (χ3n) is 4.46. The smallest absolute Gasteiger partial charge is 0.257 e. The van der Waals surface area contributed by atoms with Crippen molar-refractivity contribution in [2.24, 2.45) is 27.8 Å². The molecular weight excluding hydrogens is 360 g/mol. The summed E-state index contributed by atoms with van der Waals surface area (Å²) in [5.41, 5.74) is 12.1. The van der Waals surface area contributed by atoms with Crippen molar-refractivity contribution < 1.29 is 9.59 Å². The van der Waals surface area contributed by atoms with Gasteiger partial charge < -0.3 is 11.5 Å². The van der Waals surface area contributed by atoms with Gasteiger partial charge in [0.1, 0.15) is 16.8 Å². The first-order valence-electron chi connectivity index (χ1n) is 7.60. The van der Waals surface area contributed by atoms with Crippen LogP contribution in [0.4, 0.5) is 0 Å². The normalized spacial score (nSPS) is 22.5. The van der Waals surface area contributed by atoms with Gasteiger partial charge in [0.05, 0.1) is 11.6 Å². The molecule has 0 saturated heterocycles. The fraction of sp³-hybridized carbons (Fsp3) is 0.294. The van der Waals surface area contributed by atoms with Crippen molar-refractivity contribution in [3.8, 4) is 11.3 Å². The number of benzene rings is 1. The summed E-state index contributed by atoms with van der Waals surface area (Å²) >= 11 is 7.26. The molecule has 2 heterocycles. The molecule has 0 saturated carbocycles. The number of halogens is 1. The molecule has 3 rings (SSSR count). The number of hydrogen-bond donors (Lipinski definition) is 2. The molecule has 2 unspecified atom stereocenters. The fourth-order valence-electron chi connectivity index (χ4n) is 3.23. The largest absolute Gasteiger partial charge is 0.386 e. The van der Waals surface area contributed by atoms with E-state index in [1.165, 1.54) is 11.3 Å². The highest BCUT2D eigenvalue weighted by Crippen LogP contribution is 2.46. The zero-order chi connectivity index (χ0) is 18.4. The zero-order valence-corrected chi connectivity index (χ0v) is 15.3. The summed E-state index contributed by atoms with van der Waals surface area (Å²) in [6.07, 6.45) is 0. The molecule has 1 aliphatic heterocycles. The Bertz CT molecular complexity index is 873. The van der Waals surface area contributed by atoms with Crippen molar-refractivity contribution in [1.29, 1.82) is 0 Å². The van der Waals surface area contributed by atoms with Crippen molar-refractivity contribution in [1.82, 2.24) is 4.98 Å². The number of aliphatic imine (C=N–C) groups is 1. The first-order valence-corrected chi connectivity index (χ1v) is 8.86. The van der Waals surface area contributed by atoms with Crippen molar-refractivity contribution in [2.45, 2.75) is 19.8 Å². The molecule has 2 atom stereocenters. The van der Waals surface area contributed by atoms with E-state index in [1.807, 2.05) is 17.5 Å². The Hall–Kier alpha value is -2.25. The maximum atomic E-state index is 12.5. The van der Waals surface area contributed by atoms with E-state index in [9.17, 15) is 9.59 Å². The van der Waals surface area contributed by atoms with Crippen LogP contribution in [0.15, 0.2) is 34.6 Å². The molecule has 25 heavy (non-hydrogen) atoms. The number of primary amides is 1. The first kappa shape index (κ1) is 17.6. The van der Waals surface area contributed by atoms with E-state index in [1.54, 1.807) is 26.0 Å². The average molecular weight is 377 g/mol. The van der Waals surface area contributed by atoms with Crippen LogP contribution in [0.3, 0.4) is 0 Å². The molecule has 1 aromatic heterocycles. The maximum Gasteiger partial charge on any atom is 0.257 e. The SMILES string of the molecule is CC1(C)C(C(N)=O)C(N)=NC(=O)C1c1nc(-c2ccc(Cl)cc2)cs1. The van der Waals surface area contributed by atoms with Gasteiger partial charge in [0, 0.05) is 21.4 Å². The van der Waals surface area contributed by atoms with Gasteiger partial charge in [-0.1, -0.05) is 37.6 Å². The van der Waals surface area contributed by atoms with Crippen LogP contribution in [-0.4, -0.2) is 22.6 Å². The van der Waals surface area contributed by atoms with Gasteiger partial charge in [0.15, 0.2) is 0 Å². The minimum absolute atomic E-state index is 0.0340. The quantitative estimate of drug-likeness (QED) is 0.857. The highest BCUT2D eigenvalue weighted by Gasteiger charge is 2.51. The number of amidine groups is 1. The molecule has 130 valence electrons. The second-order valence-corrected chi connectivity index (χ2v) is 7.87. The van der Waals surface area contributed by atoms with Crippen LogP contribution in [0.1, 0.15) is 24.8 Å². The number of carbonyl (C=O) groups excluding carboxylic acids is 2. The Morgan fingerprint density at radius 2 is 1.92 bits per heavy atom. The third kappa shape index (κ3) is 3.05. The summed E-state index contributed by atoms with van der Waals surface area (Å²) in [5.74, 6) is -2.54. The van der Waals surface area contributed by atoms with Crippen molar-refractivity contribution in [2.75, 3.05) is 0 Å². The van der Waals surface area contributed by atoms with Crippen LogP contribution >= 0.6 is 22.9 Å². The lowest BCUT2D eigenvalue weighted by Gasteiger charge is -2.39. The van der Waals surface area contributed by atoms with Gasteiger partial charge in [-0.3, -0.25) is 9.59 Å². The van der Waals surface area contributed by atoms with E-state index in [0.29, 0.717) is 10.0 Å². The Balaban J connectivity index is 2.02. The Labute approximate surface area is 153 Å². The number of amides is 2. The third-order valence-corrected chi connectivity index (χ3v) is 5.63. The molecule has 0 radical (unpaired) electrons. The molecule has 0 bridgehead atoms. The summed E-state index contributed by atoms with van der Waals surface area (Å²) < 4.78 is 0. The molecule has 2 amide bonds. The van der Waals surface area contributed by atoms with Gasteiger partial charge in [0.25, 0.3) is 5.91 Å².